The minimum atomic E-state index is -3.93. The molecule has 1 N–H and O–H groups in total. The lowest BCUT2D eigenvalue weighted by atomic mass is 10.1. The summed E-state index contributed by atoms with van der Waals surface area (Å²) in [6.07, 6.45) is 0. The number of carbonyl (C=O) groups excluding carboxylic acids is 3. The third-order valence-electron chi connectivity index (χ3n) is 4.67. The molecule has 32 heavy (non-hydrogen) atoms. The van der Waals surface area contributed by atoms with Crippen molar-refractivity contribution in [1.82, 2.24) is 4.31 Å². The number of halogens is 1. The third-order valence-corrected chi connectivity index (χ3v) is 7.05. The molecule has 0 atom stereocenters. The van der Waals surface area contributed by atoms with Crippen molar-refractivity contribution >= 4 is 45.0 Å². The van der Waals surface area contributed by atoms with Crippen LogP contribution >= 0.6 is 11.6 Å². The summed E-state index contributed by atoms with van der Waals surface area (Å²) in [4.78, 5) is 36.0. The van der Waals surface area contributed by atoms with Gasteiger partial charge in [0.1, 0.15) is 4.90 Å². The van der Waals surface area contributed by atoms with Crippen LogP contribution in [0.4, 0.5) is 5.69 Å². The topological polar surface area (TPSA) is 119 Å². The Morgan fingerprint density at radius 3 is 2.50 bits per heavy atom. The number of rotatable bonds is 7. The number of amides is 1. The quantitative estimate of drug-likeness (QED) is 0.477. The van der Waals surface area contributed by atoms with Gasteiger partial charge in [-0.05, 0) is 37.3 Å². The number of anilines is 1. The molecule has 1 saturated heterocycles. The number of ketones is 1. The van der Waals surface area contributed by atoms with Gasteiger partial charge in [0.05, 0.1) is 29.5 Å². The van der Waals surface area contributed by atoms with Crippen LogP contribution in [0.2, 0.25) is 5.02 Å². The van der Waals surface area contributed by atoms with Gasteiger partial charge in [-0.2, -0.15) is 4.31 Å². The summed E-state index contributed by atoms with van der Waals surface area (Å²) in [5.41, 5.74) is 0.549. The minimum absolute atomic E-state index is 0.0355. The number of hydrogen-bond acceptors (Lipinski definition) is 7. The number of hydrogen-bond donors (Lipinski definition) is 1. The highest BCUT2D eigenvalue weighted by Gasteiger charge is 2.29. The molecule has 1 amide bonds. The van der Waals surface area contributed by atoms with Crippen molar-refractivity contribution in [2.24, 2.45) is 0 Å². The molecule has 1 aliphatic rings. The van der Waals surface area contributed by atoms with Crippen molar-refractivity contribution in [2.45, 2.75) is 11.8 Å². The normalized spacial score (nSPS) is 14.6. The molecule has 0 unspecified atom stereocenters. The van der Waals surface area contributed by atoms with Gasteiger partial charge >= 0.3 is 5.97 Å². The first-order chi connectivity index (χ1) is 15.2. The maximum atomic E-state index is 12.9. The average Bonchev–Trinajstić information content (AvgIpc) is 2.78. The molecule has 170 valence electrons. The van der Waals surface area contributed by atoms with E-state index >= 15 is 0 Å². The zero-order valence-electron chi connectivity index (χ0n) is 17.2. The number of carbonyl (C=O) groups is 3. The molecule has 0 bridgehead atoms. The van der Waals surface area contributed by atoms with Crippen LogP contribution in [0.3, 0.4) is 0 Å². The summed E-state index contributed by atoms with van der Waals surface area (Å²) in [5, 5.41) is 2.48. The molecule has 2 aromatic carbocycles. The molecule has 11 heteroatoms. The zero-order valence-corrected chi connectivity index (χ0v) is 18.7. The highest BCUT2D eigenvalue weighted by Crippen LogP contribution is 2.27. The van der Waals surface area contributed by atoms with Gasteiger partial charge in [-0.25, -0.2) is 13.2 Å². The molecule has 1 fully saturated rings. The molecule has 0 saturated carbocycles. The number of esters is 1. The number of Topliss-reactive ketones (excluding diaryl/α,β-unsaturated/α-hetero) is 1. The second-order valence-electron chi connectivity index (χ2n) is 6.89. The number of para-hydroxylation sites is 1. The SMILES string of the molecule is CC(=O)c1ccccc1NC(=O)COC(=O)c1ccc(Cl)c(S(=O)(=O)N2CCOCC2)c1. The highest BCUT2D eigenvalue weighted by atomic mass is 35.5. The van der Waals surface area contributed by atoms with E-state index in [0.717, 1.165) is 6.07 Å². The molecule has 0 aliphatic carbocycles. The van der Waals surface area contributed by atoms with E-state index in [1.807, 2.05) is 0 Å². The van der Waals surface area contributed by atoms with Gasteiger partial charge in [0.2, 0.25) is 10.0 Å². The third kappa shape index (κ3) is 5.52. The van der Waals surface area contributed by atoms with Gasteiger partial charge in [-0.15, -0.1) is 0 Å². The van der Waals surface area contributed by atoms with Crippen molar-refractivity contribution in [2.75, 3.05) is 38.2 Å². The van der Waals surface area contributed by atoms with E-state index in [0.29, 0.717) is 11.3 Å². The van der Waals surface area contributed by atoms with Gasteiger partial charge in [0.15, 0.2) is 12.4 Å². The summed E-state index contributed by atoms with van der Waals surface area (Å²) in [6, 6.07) is 10.2. The number of ether oxygens (including phenoxy) is 2. The Hall–Kier alpha value is -2.79. The number of benzene rings is 2. The Kier molecular flexibility index (Phi) is 7.62. The fraction of sp³-hybridized carbons (Fsp3) is 0.286. The smallest absolute Gasteiger partial charge is 0.338 e. The van der Waals surface area contributed by atoms with E-state index in [-0.39, 0.29) is 47.6 Å². The Balaban J connectivity index is 1.69. The number of nitrogens with one attached hydrogen (secondary N) is 1. The van der Waals surface area contributed by atoms with E-state index in [2.05, 4.69) is 5.32 Å². The van der Waals surface area contributed by atoms with Crippen LogP contribution in [0.5, 0.6) is 0 Å². The average molecular weight is 481 g/mol. The van der Waals surface area contributed by atoms with E-state index in [4.69, 9.17) is 21.1 Å². The standard InChI is InChI=1S/C21H21ClN2O7S/c1-14(25)16-4-2-3-5-18(16)23-20(26)13-31-21(27)15-6-7-17(22)19(12-15)32(28,29)24-8-10-30-11-9-24/h2-7,12H,8-11,13H2,1H3,(H,23,26). The van der Waals surface area contributed by atoms with Gasteiger partial charge in [-0.1, -0.05) is 23.7 Å². The largest absolute Gasteiger partial charge is 0.452 e. The first-order valence-corrected chi connectivity index (χ1v) is 11.5. The van der Waals surface area contributed by atoms with Gasteiger partial charge < -0.3 is 14.8 Å². The summed E-state index contributed by atoms with van der Waals surface area (Å²) in [6.45, 7) is 1.62. The zero-order chi connectivity index (χ0) is 23.3. The maximum absolute atomic E-state index is 12.9. The molecule has 1 aliphatic heterocycles. The lowest BCUT2D eigenvalue weighted by Gasteiger charge is -2.26. The predicted molar refractivity (Wildman–Crippen MR) is 116 cm³/mol. The monoisotopic (exact) mass is 480 g/mol. The van der Waals surface area contributed by atoms with Gasteiger partial charge in [-0.3, -0.25) is 9.59 Å². The van der Waals surface area contributed by atoms with Crippen LogP contribution in [0, 0.1) is 0 Å². The molecular weight excluding hydrogens is 460 g/mol. The predicted octanol–water partition coefficient (Wildman–Crippen LogP) is 2.36. The number of morpholine rings is 1. The Morgan fingerprint density at radius 1 is 1.12 bits per heavy atom. The van der Waals surface area contributed by atoms with Crippen molar-refractivity contribution in [1.29, 1.82) is 0 Å². The summed E-state index contributed by atoms with van der Waals surface area (Å²) in [7, 11) is -3.93. The first kappa shape index (κ1) is 23.9. The molecule has 9 nitrogen and oxygen atoms in total. The van der Waals surface area contributed by atoms with E-state index in [1.165, 1.54) is 23.4 Å². The molecule has 1 heterocycles. The summed E-state index contributed by atoms with van der Waals surface area (Å²) < 4.78 is 37.2. The van der Waals surface area contributed by atoms with E-state index in [9.17, 15) is 22.8 Å². The molecule has 0 spiro atoms. The molecule has 2 aromatic rings. The van der Waals surface area contributed by atoms with Crippen LogP contribution in [-0.4, -0.2) is 63.3 Å². The maximum Gasteiger partial charge on any atom is 0.338 e. The molecule has 0 aromatic heterocycles. The number of sulfonamides is 1. The van der Waals surface area contributed by atoms with Crippen LogP contribution in [0.15, 0.2) is 47.4 Å². The second kappa shape index (κ2) is 10.2. The highest BCUT2D eigenvalue weighted by molar-refractivity contribution is 7.89. The van der Waals surface area contributed by atoms with Gasteiger partial charge in [0, 0.05) is 18.7 Å². The first-order valence-electron chi connectivity index (χ1n) is 9.64. The van der Waals surface area contributed by atoms with E-state index < -0.39 is 28.5 Å². The summed E-state index contributed by atoms with van der Waals surface area (Å²) >= 11 is 6.08. The van der Waals surface area contributed by atoms with Crippen LogP contribution in [0.1, 0.15) is 27.6 Å². The fourth-order valence-electron chi connectivity index (χ4n) is 3.05. The van der Waals surface area contributed by atoms with Gasteiger partial charge in [0.25, 0.3) is 5.91 Å². The molecule has 3 rings (SSSR count). The van der Waals surface area contributed by atoms with E-state index in [1.54, 1.807) is 24.3 Å². The lowest BCUT2D eigenvalue weighted by molar-refractivity contribution is -0.119. The Bertz CT molecular complexity index is 1140. The second-order valence-corrected chi connectivity index (χ2v) is 9.20. The molecule has 0 radical (unpaired) electrons. The minimum Gasteiger partial charge on any atom is -0.452 e. The van der Waals surface area contributed by atoms with Crippen molar-refractivity contribution in [3.63, 3.8) is 0 Å². The fourth-order valence-corrected chi connectivity index (χ4v) is 4.96. The van der Waals surface area contributed by atoms with Crippen LogP contribution in [-0.2, 0) is 24.3 Å². The van der Waals surface area contributed by atoms with Crippen LogP contribution in [0.25, 0.3) is 0 Å². The Labute approximate surface area is 190 Å². The van der Waals surface area contributed by atoms with Crippen molar-refractivity contribution < 1.29 is 32.3 Å². The van der Waals surface area contributed by atoms with Crippen LogP contribution < -0.4 is 5.32 Å². The summed E-state index contributed by atoms with van der Waals surface area (Å²) in [5.74, 6) is -1.77. The number of nitrogens with zero attached hydrogens (tertiary/aromatic N) is 1. The Morgan fingerprint density at radius 2 is 1.81 bits per heavy atom. The van der Waals surface area contributed by atoms with Crippen molar-refractivity contribution in [3.8, 4) is 0 Å². The lowest BCUT2D eigenvalue weighted by Crippen LogP contribution is -2.40. The van der Waals surface area contributed by atoms with Crippen molar-refractivity contribution in [3.05, 3.63) is 58.6 Å². The molecular formula is C21H21ClN2O7S.